The van der Waals surface area contributed by atoms with Crippen LogP contribution in [0, 0.1) is 0 Å². The van der Waals surface area contributed by atoms with Crippen molar-refractivity contribution in [3.8, 4) is 11.8 Å². The molecule has 0 bridgehead atoms. The van der Waals surface area contributed by atoms with Gasteiger partial charge in [0, 0.05) is 49.2 Å². The average molecular weight is 492 g/mol. The van der Waals surface area contributed by atoms with E-state index in [4.69, 9.17) is 14.7 Å². The first kappa shape index (κ1) is 24.0. The van der Waals surface area contributed by atoms with Gasteiger partial charge in [-0.1, -0.05) is 6.07 Å². The first-order valence-electron chi connectivity index (χ1n) is 14.1. The van der Waals surface area contributed by atoms with Gasteiger partial charge in [0.15, 0.2) is 0 Å². The van der Waals surface area contributed by atoms with Crippen molar-refractivity contribution in [1.82, 2.24) is 20.2 Å². The summed E-state index contributed by atoms with van der Waals surface area (Å²) in [5.41, 5.74) is 5.24. The summed E-state index contributed by atoms with van der Waals surface area (Å²) in [4.78, 5) is 15.1. The maximum atomic E-state index is 10.3. The Morgan fingerprint density at radius 3 is 2.81 bits per heavy atom. The van der Waals surface area contributed by atoms with Crippen LogP contribution in [0.15, 0.2) is 18.2 Å². The van der Waals surface area contributed by atoms with Gasteiger partial charge in [0.25, 0.3) is 0 Å². The van der Waals surface area contributed by atoms with Crippen LogP contribution in [0.5, 0.6) is 11.8 Å². The molecule has 36 heavy (non-hydrogen) atoms. The third kappa shape index (κ3) is 4.45. The zero-order valence-electron chi connectivity index (χ0n) is 21.9. The monoisotopic (exact) mass is 491 g/mol. The summed E-state index contributed by atoms with van der Waals surface area (Å²) in [5, 5.41) is 13.8. The number of nitrogens with zero attached hydrogens (tertiary/aromatic N) is 4. The van der Waals surface area contributed by atoms with E-state index in [1.54, 1.807) is 0 Å². The standard InChI is InChI=1S/C29H41N5O2/c1-20(2)34-14-4-6-22(34)19-36-28-31-26-18-29(10-3-5-21-7-8-23(35)17-25(21)29)11-9-24(26)27(32-28)33-15-12-30-13-16-33/h7-8,17,20,22,30,35H,3-6,9-16,18-19H2,1-2H3/t22-,29?/m0/s1. The number of aromatic hydroxyl groups is 1. The molecule has 4 aliphatic rings. The van der Waals surface area contributed by atoms with Crippen LogP contribution in [0.4, 0.5) is 5.82 Å². The molecule has 2 aliphatic heterocycles. The van der Waals surface area contributed by atoms with E-state index in [0.29, 0.717) is 30.5 Å². The molecule has 1 aromatic heterocycles. The number of phenolic OH excluding ortho intramolecular Hbond substituents is 1. The van der Waals surface area contributed by atoms with E-state index >= 15 is 0 Å². The van der Waals surface area contributed by atoms with Crippen LogP contribution in [-0.2, 0) is 24.7 Å². The molecule has 6 rings (SSSR count). The number of hydrogen-bond donors (Lipinski definition) is 2. The van der Waals surface area contributed by atoms with Crippen LogP contribution < -0.4 is 15.0 Å². The van der Waals surface area contributed by atoms with Crippen LogP contribution in [0.1, 0.15) is 68.3 Å². The molecule has 2 atom stereocenters. The largest absolute Gasteiger partial charge is 0.508 e. The lowest BCUT2D eigenvalue weighted by atomic mass is 9.62. The molecule has 194 valence electrons. The second kappa shape index (κ2) is 9.82. The Morgan fingerprint density at radius 1 is 1.11 bits per heavy atom. The number of fused-ring (bicyclic) bond motifs is 3. The number of piperazine rings is 1. The van der Waals surface area contributed by atoms with Gasteiger partial charge < -0.3 is 20.1 Å². The quantitative estimate of drug-likeness (QED) is 0.662. The van der Waals surface area contributed by atoms with Crippen molar-refractivity contribution >= 4 is 5.82 Å². The highest BCUT2D eigenvalue weighted by molar-refractivity contribution is 5.54. The minimum Gasteiger partial charge on any atom is -0.508 e. The molecule has 0 amide bonds. The number of ether oxygens (including phenoxy) is 1. The minimum atomic E-state index is 0.0472. The molecule has 1 spiro atoms. The Hall–Kier alpha value is -2.38. The number of aromatic nitrogens is 2. The normalized spacial score (nSPS) is 26.3. The fourth-order valence-electron chi connectivity index (χ4n) is 7.23. The average Bonchev–Trinajstić information content (AvgIpc) is 3.37. The zero-order valence-corrected chi connectivity index (χ0v) is 21.9. The van der Waals surface area contributed by atoms with Gasteiger partial charge >= 0.3 is 6.01 Å². The smallest absolute Gasteiger partial charge is 0.318 e. The van der Waals surface area contributed by atoms with E-state index in [1.165, 1.54) is 36.0 Å². The Morgan fingerprint density at radius 2 is 1.97 bits per heavy atom. The molecule has 2 N–H and O–H groups in total. The van der Waals surface area contributed by atoms with E-state index < -0.39 is 0 Å². The first-order chi connectivity index (χ1) is 17.5. The molecule has 7 nitrogen and oxygen atoms in total. The number of aryl methyl sites for hydroxylation is 1. The highest BCUT2D eigenvalue weighted by atomic mass is 16.5. The van der Waals surface area contributed by atoms with Gasteiger partial charge in [-0.3, -0.25) is 4.90 Å². The maximum Gasteiger partial charge on any atom is 0.318 e. The van der Waals surface area contributed by atoms with Crippen LogP contribution >= 0.6 is 0 Å². The molecule has 0 saturated carbocycles. The number of anilines is 1. The first-order valence-corrected chi connectivity index (χ1v) is 14.1. The predicted molar refractivity (Wildman–Crippen MR) is 142 cm³/mol. The highest BCUT2D eigenvalue weighted by Gasteiger charge is 2.42. The summed E-state index contributed by atoms with van der Waals surface area (Å²) in [6, 6.07) is 7.51. The molecule has 1 unspecified atom stereocenters. The summed E-state index contributed by atoms with van der Waals surface area (Å²) in [7, 11) is 0. The fraction of sp³-hybridized carbons (Fsp3) is 0.655. The summed E-state index contributed by atoms with van der Waals surface area (Å²) < 4.78 is 6.39. The van der Waals surface area contributed by atoms with Crippen molar-refractivity contribution in [2.24, 2.45) is 0 Å². The van der Waals surface area contributed by atoms with Crippen molar-refractivity contribution < 1.29 is 9.84 Å². The third-order valence-electron chi connectivity index (χ3n) is 9.08. The van der Waals surface area contributed by atoms with Crippen LogP contribution in [0.25, 0.3) is 0 Å². The second-order valence-electron chi connectivity index (χ2n) is 11.6. The van der Waals surface area contributed by atoms with E-state index in [0.717, 1.165) is 76.3 Å². The summed E-state index contributed by atoms with van der Waals surface area (Å²) in [6.07, 6.45) is 8.82. The SMILES string of the molecule is CC(C)N1CCC[C@H]1COc1nc2c(c(N3CCNCC3)n1)CCC1(CCCc3ccc(O)cc31)C2. The number of rotatable bonds is 5. The number of benzene rings is 1. The van der Waals surface area contributed by atoms with Gasteiger partial charge in [-0.2, -0.15) is 9.97 Å². The molecule has 2 saturated heterocycles. The lowest BCUT2D eigenvalue weighted by Crippen LogP contribution is -2.45. The zero-order chi connectivity index (χ0) is 24.7. The highest BCUT2D eigenvalue weighted by Crippen LogP contribution is 2.48. The van der Waals surface area contributed by atoms with Crippen molar-refractivity contribution in [2.75, 3.05) is 44.2 Å². The molecular weight excluding hydrogens is 450 g/mol. The minimum absolute atomic E-state index is 0.0472. The number of phenols is 1. The molecule has 3 heterocycles. The summed E-state index contributed by atoms with van der Waals surface area (Å²) in [5.74, 6) is 1.46. The van der Waals surface area contributed by atoms with Crippen molar-refractivity contribution in [3.05, 3.63) is 40.6 Å². The fourth-order valence-corrected chi connectivity index (χ4v) is 7.23. The number of likely N-dealkylation sites (tertiary alicyclic amines) is 1. The van der Waals surface area contributed by atoms with Crippen LogP contribution in [-0.4, -0.2) is 71.4 Å². The van der Waals surface area contributed by atoms with Crippen molar-refractivity contribution in [3.63, 3.8) is 0 Å². The van der Waals surface area contributed by atoms with Gasteiger partial charge in [0.1, 0.15) is 18.2 Å². The Labute approximate surface area is 215 Å². The Balaban J connectivity index is 1.33. The molecule has 1 aromatic carbocycles. The third-order valence-corrected chi connectivity index (χ3v) is 9.08. The van der Waals surface area contributed by atoms with E-state index in [9.17, 15) is 5.11 Å². The molecule has 2 aliphatic carbocycles. The van der Waals surface area contributed by atoms with Gasteiger partial charge in [0.2, 0.25) is 0 Å². The lowest BCUT2D eigenvalue weighted by molar-refractivity contribution is 0.138. The molecular formula is C29H41N5O2. The van der Waals surface area contributed by atoms with Crippen molar-refractivity contribution in [2.45, 2.75) is 82.7 Å². The van der Waals surface area contributed by atoms with Gasteiger partial charge in [-0.15, -0.1) is 0 Å². The Kier molecular flexibility index (Phi) is 6.54. The van der Waals surface area contributed by atoms with E-state index in [2.05, 4.69) is 35.0 Å². The van der Waals surface area contributed by atoms with Crippen LogP contribution in [0.3, 0.4) is 0 Å². The summed E-state index contributed by atoms with van der Waals surface area (Å²) in [6.45, 7) is 10.2. The number of nitrogens with one attached hydrogen (secondary N) is 1. The van der Waals surface area contributed by atoms with E-state index in [1.807, 2.05) is 12.1 Å². The lowest BCUT2D eigenvalue weighted by Gasteiger charge is -2.43. The maximum absolute atomic E-state index is 10.3. The molecule has 7 heteroatoms. The topological polar surface area (TPSA) is 73.8 Å². The Bertz CT molecular complexity index is 1100. The van der Waals surface area contributed by atoms with E-state index in [-0.39, 0.29) is 5.41 Å². The second-order valence-corrected chi connectivity index (χ2v) is 11.6. The summed E-state index contributed by atoms with van der Waals surface area (Å²) >= 11 is 0. The molecule has 2 aromatic rings. The molecule has 0 radical (unpaired) electrons. The van der Waals surface area contributed by atoms with Crippen molar-refractivity contribution in [1.29, 1.82) is 0 Å². The van der Waals surface area contributed by atoms with Gasteiger partial charge in [-0.05, 0) is 95.0 Å². The number of hydrogen-bond acceptors (Lipinski definition) is 7. The predicted octanol–water partition coefficient (Wildman–Crippen LogP) is 3.61. The van der Waals surface area contributed by atoms with Crippen LogP contribution in [0.2, 0.25) is 0 Å². The van der Waals surface area contributed by atoms with Gasteiger partial charge in [-0.25, -0.2) is 0 Å². The molecule has 2 fully saturated rings. The van der Waals surface area contributed by atoms with Gasteiger partial charge in [0.05, 0.1) is 5.69 Å².